The van der Waals surface area contributed by atoms with Crippen LogP contribution in [0.3, 0.4) is 0 Å². The van der Waals surface area contributed by atoms with Gasteiger partial charge in [-0.05, 0) is 26.8 Å². The van der Waals surface area contributed by atoms with Crippen LogP contribution in [-0.2, 0) is 4.74 Å². The summed E-state index contributed by atoms with van der Waals surface area (Å²) in [6.07, 6.45) is 0.948. The van der Waals surface area contributed by atoms with Gasteiger partial charge in [-0.3, -0.25) is 10.1 Å². The maximum Gasteiger partial charge on any atom is 0.410 e. The molecule has 0 N–H and O–H groups in total. The number of pyridine rings is 1. The van der Waals surface area contributed by atoms with Gasteiger partial charge in [0.05, 0.1) is 10.4 Å². The molecule has 2 heterocycles. The number of nitro groups is 1. The number of rotatable bonds is 2. The minimum atomic E-state index is -0.547. The third-order valence-corrected chi connectivity index (χ3v) is 4.17. The lowest BCUT2D eigenvalue weighted by molar-refractivity contribution is -0.384. The molecule has 138 valence electrons. The Morgan fingerprint density at radius 2 is 1.85 bits per heavy atom. The van der Waals surface area contributed by atoms with Crippen molar-refractivity contribution in [1.82, 2.24) is 9.88 Å². The first-order chi connectivity index (χ1) is 12.3. The lowest BCUT2D eigenvalue weighted by Crippen LogP contribution is -2.50. The summed E-state index contributed by atoms with van der Waals surface area (Å²) in [6, 6.07) is 7.37. The summed E-state index contributed by atoms with van der Waals surface area (Å²) in [4.78, 5) is 31.1. The van der Waals surface area contributed by atoms with Crippen LogP contribution in [0, 0.1) is 10.1 Å². The van der Waals surface area contributed by atoms with Crippen molar-refractivity contribution in [1.29, 1.82) is 0 Å². The average Bonchev–Trinajstić information content (AvgIpc) is 2.59. The van der Waals surface area contributed by atoms with Crippen molar-refractivity contribution in [2.45, 2.75) is 26.4 Å². The highest BCUT2D eigenvalue weighted by molar-refractivity contribution is 5.96. The van der Waals surface area contributed by atoms with Crippen LogP contribution in [0.5, 0.6) is 0 Å². The maximum atomic E-state index is 12.2. The predicted octanol–water partition coefficient (Wildman–Crippen LogP) is 3.20. The van der Waals surface area contributed by atoms with E-state index in [-0.39, 0.29) is 11.8 Å². The molecule has 0 atom stereocenters. The van der Waals surface area contributed by atoms with Gasteiger partial charge in [0.2, 0.25) is 0 Å². The van der Waals surface area contributed by atoms with Crippen molar-refractivity contribution < 1.29 is 14.5 Å². The fourth-order valence-electron chi connectivity index (χ4n) is 3.02. The molecule has 1 aromatic heterocycles. The third-order valence-electron chi connectivity index (χ3n) is 4.17. The Hall–Kier alpha value is -2.90. The number of ether oxygens (including phenoxy) is 1. The largest absolute Gasteiger partial charge is 0.444 e. The zero-order valence-corrected chi connectivity index (χ0v) is 15.1. The van der Waals surface area contributed by atoms with Crippen LogP contribution < -0.4 is 4.90 Å². The molecule has 0 saturated carbocycles. The second-order valence-corrected chi connectivity index (χ2v) is 7.22. The first-order valence-corrected chi connectivity index (χ1v) is 8.51. The van der Waals surface area contributed by atoms with E-state index in [4.69, 9.17) is 4.74 Å². The highest BCUT2D eigenvalue weighted by Gasteiger charge is 2.30. The number of fused-ring (bicyclic) bond motifs is 1. The summed E-state index contributed by atoms with van der Waals surface area (Å²) in [7, 11) is 0. The molecule has 26 heavy (non-hydrogen) atoms. The Bertz CT molecular complexity index is 839. The monoisotopic (exact) mass is 358 g/mol. The van der Waals surface area contributed by atoms with Gasteiger partial charge in [-0.2, -0.15) is 0 Å². The summed E-state index contributed by atoms with van der Waals surface area (Å²) in [5.74, 6) is 0. The summed E-state index contributed by atoms with van der Waals surface area (Å²) in [6.45, 7) is 7.36. The Morgan fingerprint density at radius 3 is 2.46 bits per heavy atom. The minimum absolute atomic E-state index is 0.0191. The lowest BCUT2D eigenvalue weighted by atomic mass is 10.1. The molecule has 0 spiro atoms. The molecule has 0 bridgehead atoms. The van der Waals surface area contributed by atoms with E-state index in [1.165, 1.54) is 6.20 Å². The molecule has 1 fully saturated rings. The summed E-state index contributed by atoms with van der Waals surface area (Å²) in [5, 5.41) is 12.2. The van der Waals surface area contributed by atoms with Crippen molar-refractivity contribution in [2.75, 3.05) is 31.1 Å². The molecule has 1 aliphatic rings. The molecule has 1 aromatic carbocycles. The fourth-order valence-corrected chi connectivity index (χ4v) is 3.02. The standard InChI is InChI=1S/C18H22N4O4/c1-18(2,3)26-17(23)21-10-8-20(9-11-21)16-13-6-4-5-7-14(13)19-12-15(16)22(24)25/h4-7,12H,8-11H2,1-3H3. The number of aromatic nitrogens is 1. The topological polar surface area (TPSA) is 88.8 Å². The summed E-state index contributed by atoms with van der Waals surface area (Å²) >= 11 is 0. The average molecular weight is 358 g/mol. The molecule has 2 aromatic rings. The number of carbonyl (C=O) groups excluding carboxylic acids is 1. The minimum Gasteiger partial charge on any atom is -0.444 e. The second kappa shape index (κ2) is 6.78. The summed E-state index contributed by atoms with van der Waals surface area (Å²) in [5.41, 5.74) is 0.704. The number of carbonyl (C=O) groups is 1. The number of anilines is 1. The number of para-hydroxylation sites is 1. The first kappa shape index (κ1) is 17.9. The molecule has 0 aliphatic carbocycles. The molecule has 3 rings (SSSR count). The van der Waals surface area contributed by atoms with Crippen molar-refractivity contribution in [3.8, 4) is 0 Å². The molecular formula is C18H22N4O4. The zero-order valence-electron chi connectivity index (χ0n) is 15.1. The number of nitrogens with zero attached hydrogens (tertiary/aromatic N) is 4. The normalized spacial score (nSPS) is 15.2. The van der Waals surface area contributed by atoms with Crippen molar-refractivity contribution in [2.24, 2.45) is 0 Å². The van der Waals surface area contributed by atoms with Gasteiger partial charge in [-0.1, -0.05) is 18.2 Å². The molecule has 1 aliphatic heterocycles. The Morgan fingerprint density at radius 1 is 1.19 bits per heavy atom. The first-order valence-electron chi connectivity index (χ1n) is 8.51. The predicted molar refractivity (Wildman–Crippen MR) is 98.4 cm³/mol. The van der Waals surface area contributed by atoms with Gasteiger partial charge < -0.3 is 14.5 Å². The number of hydrogen-bond acceptors (Lipinski definition) is 6. The molecule has 1 saturated heterocycles. The van der Waals surface area contributed by atoms with Crippen LogP contribution in [0.2, 0.25) is 0 Å². The number of benzene rings is 1. The van der Waals surface area contributed by atoms with Crippen molar-refractivity contribution >= 4 is 28.4 Å². The summed E-state index contributed by atoms with van der Waals surface area (Å²) < 4.78 is 5.40. The van der Waals surface area contributed by atoms with Gasteiger partial charge in [0.1, 0.15) is 17.5 Å². The highest BCUT2D eigenvalue weighted by Crippen LogP contribution is 2.35. The Balaban J connectivity index is 1.84. The van der Waals surface area contributed by atoms with Crippen LogP contribution >= 0.6 is 0 Å². The second-order valence-electron chi connectivity index (χ2n) is 7.22. The van der Waals surface area contributed by atoms with Crippen molar-refractivity contribution in [3.63, 3.8) is 0 Å². The highest BCUT2D eigenvalue weighted by atomic mass is 16.6. The van der Waals surface area contributed by atoms with E-state index in [1.807, 2.05) is 49.9 Å². The molecule has 8 nitrogen and oxygen atoms in total. The van der Waals surface area contributed by atoms with Gasteiger partial charge in [-0.25, -0.2) is 9.78 Å². The molecule has 0 radical (unpaired) electrons. The van der Waals surface area contributed by atoms with Gasteiger partial charge in [0.15, 0.2) is 0 Å². The molecule has 1 amide bonds. The van der Waals surface area contributed by atoms with E-state index in [0.717, 1.165) is 5.39 Å². The van der Waals surface area contributed by atoms with E-state index in [9.17, 15) is 14.9 Å². The maximum absolute atomic E-state index is 12.2. The Kier molecular flexibility index (Phi) is 4.67. The number of piperazine rings is 1. The van der Waals surface area contributed by atoms with Crippen LogP contribution in [-0.4, -0.2) is 52.7 Å². The van der Waals surface area contributed by atoms with E-state index in [0.29, 0.717) is 37.4 Å². The van der Waals surface area contributed by atoms with Gasteiger partial charge in [-0.15, -0.1) is 0 Å². The molecule has 8 heteroatoms. The van der Waals surface area contributed by atoms with E-state index >= 15 is 0 Å². The van der Waals surface area contributed by atoms with Gasteiger partial charge >= 0.3 is 11.8 Å². The van der Waals surface area contributed by atoms with E-state index in [2.05, 4.69) is 4.98 Å². The SMILES string of the molecule is CC(C)(C)OC(=O)N1CCN(c2c([N+](=O)[O-])cnc3ccccc23)CC1. The fraction of sp³-hybridized carbons (Fsp3) is 0.444. The van der Waals surface area contributed by atoms with Gasteiger partial charge in [0, 0.05) is 31.6 Å². The van der Waals surface area contributed by atoms with Gasteiger partial charge in [0.25, 0.3) is 0 Å². The Labute approximate surface area is 151 Å². The van der Waals surface area contributed by atoms with Crippen LogP contribution in [0.1, 0.15) is 20.8 Å². The quantitative estimate of drug-likeness (QED) is 0.605. The van der Waals surface area contributed by atoms with E-state index in [1.54, 1.807) is 4.90 Å². The van der Waals surface area contributed by atoms with E-state index < -0.39 is 10.5 Å². The third kappa shape index (κ3) is 3.68. The zero-order chi connectivity index (χ0) is 18.9. The van der Waals surface area contributed by atoms with Crippen molar-refractivity contribution in [3.05, 3.63) is 40.6 Å². The van der Waals surface area contributed by atoms with Crippen LogP contribution in [0.25, 0.3) is 10.9 Å². The number of amides is 1. The lowest BCUT2D eigenvalue weighted by Gasteiger charge is -2.36. The molecular weight excluding hydrogens is 336 g/mol. The molecule has 0 unspecified atom stereocenters. The van der Waals surface area contributed by atoms with Crippen LogP contribution in [0.15, 0.2) is 30.5 Å². The van der Waals surface area contributed by atoms with Crippen LogP contribution in [0.4, 0.5) is 16.2 Å². The smallest absolute Gasteiger partial charge is 0.410 e. The number of hydrogen-bond donors (Lipinski definition) is 0.